The van der Waals surface area contributed by atoms with Gasteiger partial charge in [-0.3, -0.25) is 0 Å². The van der Waals surface area contributed by atoms with Crippen molar-refractivity contribution in [3.05, 3.63) is 24.3 Å². The number of fused-ring (bicyclic) bond motifs is 1. The van der Waals surface area contributed by atoms with Crippen LogP contribution in [-0.2, 0) is 4.74 Å². The third-order valence-electron chi connectivity index (χ3n) is 3.30. The van der Waals surface area contributed by atoms with Crippen LogP contribution < -0.4 is 9.64 Å². The van der Waals surface area contributed by atoms with Crippen molar-refractivity contribution in [2.75, 3.05) is 24.7 Å². The summed E-state index contributed by atoms with van der Waals surface area (Å²) in [6.07, 6.45) is -0.511. The zero-order valence-electron chi connectivity index (χ0n) is 12.8. The Kier molecular flexibility index (Phi) is 4.55. The highest BCUT2D eigenvalue weighted by molar-refractivity contribution is 5.60. The SMILES string of the molecule is CC1COc2ccccc2N1CC(O)COC(C)(C)C. The van der Waals surface area contributed by atoms with Gasteiger partial charge in [-0.2, -0.15) is 0 Å². The minimum absolute atomic E-state index is 0.227. The van der Waals surface area contributed by atoms with E-state index in [1.54, 1.807) is 0 Å². The van der Waals surface area contributed by atoms with Crippen LogP contribution in [0.3, 0.4) is 0 Å². The van der Waals surface area contributed by atoms with Crippen molar-refractivity contribution in [3.63, 3.8) is 0 Å². The molecule has 0 fully saturated rings. The van der Waals surface area contributed by atoms with Crippen LogP contribution in [0.15, 0.2) is 24.3 Å². The van der Waals surface area contributed by atoms with E-state index in [1.807, 2.05) is 45.0 Å². The van der Waals surface area contributed by atoms with Crippen molar-refractivity contribution in [1.29, 1.82) is 0 Å². The van der Waals surface area contributed by atoms with E-state index in [0.29, 0.717) is 19.8 Å². The van der Waals surface area contributed by atoms with E-state index >= 15 is 0 Å². The van der Waals surface area contributed by atoms with Gasteiger partial charge in [-0.15, -0.1) is 0 Å². The third-order valence-corrected chi connectivity index (χ3v) is 3.30. The summed E-state index contributed by atoms with van der Waals surface area (Å²) in [4.78, 5) is 2.19. The molecule has 0 saturated heterocycles. The van der Waals surface area contributed by atoms with E-state index in [0.717, 1.165) is 11.4 Å². The van der Waals surface area contributed by atoms with Gasteiger partial charge in [-0.05, 0) is 39.8 Å². The molecule has 1 aliphatic heterocycles. The Hall–Kier alpha value is -1.26. The van der Waals surface area contributed by atoms with Crippen molar-refractivity contribution in [2.45, 2.75) is 45.4 Å². The van der Waals surface area contributed by atoms with Crippen LogP contribution in [0.5, 0.6) is 5.75 Å². The highest BCUT2D eigenvalue weighted by atomic mass is 16.5. The molecule has 4 nitrogen and oxygen atoms in total. The molecule has 112 valence electrons. The lowest BCUT2D eigenvalue weighted by molar-refractivity contribution is -0.0469. The molecule has 0 saturated carbocycles. The Morgan fingerprint density at radius 1 is 1.40 bits per heavy atom. The summed E-state index contributed by atoms with van der Waals surface area (Å²) < 4.78 is 11.4. The fourth-order valence-corrected chi connectivity index (χ4v) is 2.26. The average Bonchev–Trinajstić information content (AvgIpc) is 2.39. The van der Waals surface area contributed by atoms with E-state index in [9.17, 15) is 5.11 Å². The summed E-state index contributed by atoms with van der Waals surface area (Å²) in [5.41, 5.74) is 0.816. The van der Waals surface area contributed by atoms with Gasteiger partial charge in [0.2, 0.25) is 0 Å². The number of nitrogens with zero attached hydrogens (tertiary/aromatic N) is 1. The van der Waals surface area contributed by atoms with Gasteiger partial charge in [0.1, 0.15) is 12.4 Å². The first-order chi connectivity index (χ1) is 9.37. The largest absolute Gasteiger partial charge is 0.489 e. The van der Waals surface area contributed by atoms with E-state index < -0.39 is 6.10 Å². The maximum atomic E-state index is 10.2. The standard InChI is InChI=1S/C16H25NO3/c1-12-10-19-15-8-6-5-7-14(15)17(12)9-13(18)11-20-16(2,3)4/h5-8,12-13,18H,9-11H2,1-4H3. The highest BCUT2D eigenvalue weighted by Crippen LogP contribution is 2.33. The molecule has 1 aliphatic rings. The summed E-state index contributed by atoms with van der Waals surface area (Å²) in [5, 5.41) is 10.2. The molecule has 2 unspecified atom stereocenters. The number of benzene rings is 1. The van der Waals surface area contributed by atoms with Gasteiger partial charge < -0.3 is 19.5 Å². The minimum atomic E-state index is -0.511. The topological polar surface area (TPSA) is 41.9 Å². The summed E-state index contributed by atoms with van der Waals surface area (Å²) in [6.45, 7) is 9.62. The smallest absolute Gasteiger partial charge is 0.142 e. The highest BCUT2D eigenvalue weighted by Gasteiger charge is 2.26. The van der Waals surface area contributed by atoms with Crippen LogP contribution in [0.2, 0.25) is 0 Å². The van der Waals surface area contributed by atoms with Gasteiger partial charge in [-0.1, -0.05) is 12.1 Å². The number of ether oxygens (including phenoxy) is 2. The third kappa shape index (κ3) is 3.87. The maximum absolute atomic E-state index is 10.2. The summed E-state index contributed by atoms with van der Waals surface area (Å²) in [6, 6.07) is 8.20. The molecule has 0 spiro atoms. The molecule has 2 rings (SSSR count). The number of para-hydroxylation sites is 2. The lowest BCUT2D eigenvalue weighted by Gasteiger charge is -2.38. The number of hydrogen-bond acceptors (Lipinski definition) is 4. The van der Waals surface area contributed by atoms with Crippen molar-refractivity contribution < 1.29 is 14.6 Å². The molecule has 0 aromatic heterocycles. The zero-order valence-corrected chi connectivity index (χ0v) is 12.8. The predicted molar refractivity (Wildman–Crippen MR) is 80.5 cm³/mol. The fraction of sp³-hybridized carbons (Fsp3) is 0.625. The quantitative estimate of drug-likeness (QED) is 0.919. The Bertz CT molecular complexity index is 442. The Morgan fingerprint density at radius 2 is 2.10 bits per heavy atom. The monoisotopic (exact) mass is 279 g/mol. The molecule has 2 atom stereocenters. The van der Waals surface area contributed by atoms with Gasteiger partial charge in [0, 0.05) is 6.54 Å². The first kappa shape index (κ1) is 15.1. The van der Waals surface area contributed by atoms with E-state index in [4.69, 9.17) is 9.47 Å². The minimum Gasteiger partial charge on any atom is -0.489 e. The molecule has 4 heteroatoms. The molecule has 1 heterocycles. The first-order valence-corrected chi connectivity index (χ1v) is 7.17. The molecule has 0 aliphatic carbocycles. The Morgan fingerprint density at radius 3 is 2.80 bits per heavy atom. The molecule has 1 N–H and O–H groups in total. The number of aliphatic hydroxyl groups is 1. The molecule has 0 amide bonds. The molecule has 0 bridgehead atoms. The maximum Gasteiger partial charge on any atom is 0.142 e. The normalized spacial score (nSPS) is 20.2. The summed E-state index contributed by atoms with van der Waals surface area (Å²) >= 11 is 0. The van der Waals surface area contributed by atoms with Crippen LogP contribution in [-0.4, -0.2) is 42.6 Å². The van der Waals surface area contributed by atoms with E-state index in [-0.39, 0.29) is 11.6 Å². The van der Waals surface area contributed by atoms with E-state index in [2.05, 4.69) is 11.8 Å². The van der Waals surface area contributed by atoms with E-state index in [1.165, 1.54) is 0 Å². The number of aliphatic hydroxyl groups excluding tert-OH is 1. The van der Waals surface area contributed by atoms with Gasteiger partial charge >= 0.3 is 0 Å². The molecular formula is C16H25NO3. The number of anilines is 1. The summed E-state index contributed by atoms with van der Waals surface area (Å²) in [7, 11) is 0. The number of β-amino-alcohol motifs (C(OH)–C–C–N with tert-alkyl or cyclic N) is 1. The first-order valence-electron chi connectivity index (χ1n) is 7.17. The van der Waals surface area contributed by atoms with Crippen molar-refractivity contribution in [1.82, 2.24) is 0 Å². The van der Waals surface area contributed by atoms with Crippen molar-refractivity contribution in [2.24, 2.45) is 0 Å². The van der Waals surface area contributed by atoms with Crippen molar-refractivity contribution in [3.8, 4) is 5.75 Å². The average molecular weight is 279 g/mol. The molecule has 1 aromatic rings. The van der Waals surface area contributed by atoms with Crippen LogP contribution >= 0.6 is 0 Å². The second-order valence-electron chi connectivity index (χ2n) is 6.36. The second kappa shape index (κ2) is 6.02. The molecule has 20 heavy (non-hydrogen) atoms. The van der Waals surface area contributed by atoms with Gasteiger partial charge in [0.05, 0.1) is 30.0 Å². The van der Waals surface area contributed by atoms with Gasteiger partial charge in [0.15, 0.2) is 0 Å². The van der Waals surface area contributed by atoms with Gasteiger partial charge in [0.25, 0.3) is 0 Å². The number of hydrogen-bond donors (Lipinski definition) is 1. The molecule has 1 aromatic carbocycles. The van der Waals surface area contributed by atoms with Crippen LogP contribution in [0.4, 0.5) is 5.69 Å². The Labute approximate surface area is 121 Å². The Balaban J connectivity index is 2.01. The lowest BCUT2D eigenvalue weighted by atomic mass is 10.1. The van der Waals surface area contributed by atoms with Crippen LogP contribution in [0.1, 0.15) is 27.7 Å². The second-order valence-corrected chi connectivity index (χ2v) is 6.36. The van der Waals surface area contributed by atoms with Crippen LogP contribution in [0.25, 0.3) is 0 Å². The summed E-state index contributed by atoms with van der Waals surface area (Å²) in [5.74, 6) is 0.884. The molecular weight excluding hydrogens is 254 g/mol. The molecule has 0 radical (unpaired) electrons. The number of rotatable bonds is 4. The van der Waals surface area contributed by atoms with Crippen molar-refractivity contribution >= 4 is 5.69 Å². The van der Waals surface area contributed by atoms with Gasteiger partial charge in [-0.25, -0.2) is 0 Å². The fourth-order valence-electron chi connectivity index (χ4n) is 2.26. The zero-order chi connectivity index (χ0) is 14.8. The predicted octanol–water partition coefficient (Wildman–Crippen LogP) is 2.45. The lowest BCUT2D eigenvalue weighted by Crippen LogP contribution is -2.46. The van der Waals surface area contributed by atoms with Crippen LogP contribution in [0, 0.1) is 0 Å².